The summed E-state index contributed by atoms with van der Waals surface area (Å²) in [4.78, 5) is 22.7. The second-order valence-electron chi connectivity index (χ2n) is 8.26. The smallest absolute Gasteiger partial charge is 0.344 e. The van der Waals surface area contributed by atoms with Gasteiger partial charge in [0.25, 0.3) is 0 Å². The van der Waals surface area contributed by atoms with Crippen LogP contribution in [0.5, 0.6) is 23.0 Å². The number of phenolic OH excluding ortho intramolecular Hbond substituents is 1. The molecule has 0 fully saturated rings. The molecule has 1 atom stereocenters. The first-order valence-electron chi connectivity index (χ1n) is 11.5. The van der Waals surface area contributed by atoms with Gasteiger partial charge in [-0.1, -0.05) is 19.4 Å². The Balaban J connectivity index is 1.46. The van der Waals surface area contributed by atoms with Crippen molar-refractivity contribution in [1.29, 1.82) is 0 Å². The van der Waals surface area contributed by atoms with Crippen LogP contribution in [0.25, 0.3) is 0 Å². The molecule has 1 aliphatic rings. The lowest BCUT2D eigenvalue weighted by Crippen LogP contribution is -2.31. The van der Waals surface area contributed by atoms with Crippen LogP contribution in [0, 0.1) is 0 Å². The Labute approximate surface area is 194 Å². The summed E-state index contributed by atoms with van der Waals surface area (Å²) in [5, 5.41) is 19.2. The molecule has 1 unspecified atom stereocenters. The van der Waals surface area contributed by atoms with Crippen LogP contribution in [-0.2, 0) is 17.6 Å². The van der Waals surface area contributed by atoms with Crippen molar-refractivity contribution in [1.82, 2.24) is 0 Å². The lowest BCUT2D eigenvalue weighted by atomic mass is 9.96. The number of ketones is 1. The zero-order chi connectivity index (χ0) is 23.8. The Bertz CT molecular complexity index is 983. The molecule has 0 aromatic heterocycles. The highest BCUT2D eigenvalue weighted by Crippen LogP contribution is 2.38. The fourth-order valence-corrected chi connectivity index (χ4v) is 3.94. The number of Topliss-reactive ketones (excluding diaryl/α,β-unsaturated/α-hetero) is 1. The summed E-state index contributed by atoms with van der Waals surface area (Å²) in [5.41, 5.74) is 2.29. The summed E-state index contributed by atoms with van der Waals surface area (Å²) in [6, 6.07) is 8.65. The number of aryl methyl sites for hydroxylation is 1. The van der Waals surface area contributed by atoms with Gasteiger partial charge in [-0.05, 0) is 69.2 Å². The minimum Gasteiger partial charge on any atom is -0.507 e. The number of unbranched alkanes of at least 4 members (excludes halogenated alkanes) is 2. The van der Waals surface area contributed by atoms with E-state index in [1.165, 1.54) is 13.0 Å². The molecule has 0 saturated heterocycles. The first-order chi connectivity index (χ1) is 15.9. The number of ether oxygens (including phenoxy) is 3. The van der Waals surface area contributed by atoms with E-state index in [-0.39, 0.29) is 17.1 Å². The maximum Gasteiger partial charge on any atom is 0.344 e. The Morgan fingerprint density at radius 3 is 2.52 bits per heavy atom. The zero-order valence-electron chi connectivity index (χ0n) is 19.3. The maximum absolute atomic E-state index is 11.4. The molecule has 2 aromatic rings. The lowest BCUT2D eigenvalue weighted by molar-refractivity contribution is -0.145. The van der Waals surface area contributed by atoms with Crippen LogP contribution >= 0.6 is 0 Å². The van der Waals surface area contributed by atoms with E-state index in [4.69, 9.17) is 14.2 Å². The molecule has 3 rings (SSSR count). The summed E-state index contributed by atoms with van der Waals surface area (Å²) < 4.78 is 17.5. The van der Waals surface area contributed by atoms with Crippen LogP contribution < -0.4 is 14.2 Å². The topological polar surface area (TPSA) is 102 Å². The first-order valence-corrected chi connectivity index (χ1v) is 11.5. The van der Waals surface area contributed by atoms with Gasteiger partial charge in [0, 0.05) is 11.6 Å². The molecule has 0 aliphatic carbocycles. The fraction of sp³-hybridized carbons (Fsp3) is 0.462. The second-order valence-corrected chi connectivity index (χ2v) is 8.26. The van der Waals surface area contributed by atoms with Gasteiger partial charge in [-0.25, -0.2) is 4.79 Å². The lowest BCUT2D eigenvalue weighted by Gasteiger charge is -2.26. The number of carboxylic acid groups (broad SMARTS) is 1. The van der Waals surface area contributed by atoms with Gasteiger partial charge in [0.05, 0.1) is 18.8 Å². The molecule has 0 spiro atoms. The van der Waals surface area contributed by atoms with Crippen LogP contribution in [0.2, 0.25) is 0 Å². The molecule has 0 saturated carbocycles. The van der Waals surface area contributed by atoms with Gasteiger partial charge in [-0.15, -0.1) is 0 Å². The standard InChI is InChI=1S/C26H32O7/c1-3-7-21-23(12-8-18-9-13-24(26(29)30)33-25(18)21)32-15-6-4-5-14-31-19-10-11-20(17(2)27)22(28)16-19/h8,10-12,16,24,28H,3-7,9,13-15H2,1-2H3,(H,29,30). The zero-order valence-corrected chi connectivity index (χ0v) is 19.3. The average molecular weight is 457 g/mol. The molecule has 2 N–H and O–H groups in total. The summed E-state index contributed by atoms with van der Waals surface area (Å²) in [7, 11) is 0. The number of hydrogen-bond acceptors (Lipinski definition) is 6. The number of fused-ring (bicyclic) bond motifs is 1. The number of benzene rings is 2. The van der Waals surface area contributed by atoms with Crippen molar-refractivity contribution in [3.63, 3.8) is 0 Å². The maximum atomic E-state index is 11.4. The molecule has 7 heteroatoms. The van der Waals surface area contributed by atoms with Crippen molar-refractivity contribution < 1.29 is 34.0 Å². The molecule has 33 heavy (non-hydrogen) atoms. The average Bonchev–Trinajstić information content (AvgIpc) is 2.79. The molecular weight excluding hydrogens is 424 g/mol. The number of carbonyl (C=O) groups is 2. The Morgan fingerprint density at radius 2 is 1.85 bits per heavy atom. The van der Waals surface area contributed by atoms with Crippen LogP contribution in [0.15, 0.2) is 30.3 Å². The Hall–Kier alpha value is -3.22. The number of aliphatic carboxylic acids is 1. The van der Waals surface area contributed by atoms with Crippen LogP contribution in [0.3, 0.4) is 0 Å². The van der Waals surface area contributed by atoms with E-state index in [1.54, 1.807) is 12.1 Å². The highest BCUT2D eigenvalue weighted by molar-refractivity contribution is 5.96. The number of phenols is 1. The molecular formula is C26H32O7. The third-order valence-electron chi connectivity index (χ3n) is 5.67. The van der Waals surface area contributed by atoms with Crippen molar-refractivity contribution in [3.8, 4) is 23.0 Å². The molecule has 1 heterocycles. The van der Waals surface area contributed by atoms with Crippen molar-refractivity contribution >= 4 is 11.8 Å². The summed E-state index contributed by atoms with van der Waals surface area (Å²) in [6.45, 7) is 4.54. The summed E-state index contributed by atoms with van der Waals surface area (Å²) in [6.07, 6.45) is 4.64. The number of hydrogen-bond donors (Lipinski definition) is 2. The van der Waals surface area contributed by atoms with Crippen molar-refractivity contribution in [2.24, 2.45) is 0 Å². The molecule has 0 amide bonds. The summed E-state index contributed by atoms with van der Waals surface area (Å²) >= 11 is 0. The Kier molecular flexibility index (Phi) is 8.58. The Morgan fingerprint density at radius 1 is 1.09 bits per heavy atom. The van der Waals surface area contributed by atoms with E-state index < -0.39 is 12.1 Å². The van der Waals surface area contributed by atoms with E-state index in [0.29, 0.717) is 37.6 Å². The monoisotopic (exact) mass is 456 g/mol. The van der Waals surface area contributed by atoms with Crippen molar-refractivity contribution in [2.45, 2.75) is 64.9 Å². The number of carboxylic acids is 1. The molecule has 7 nitrogen and oxygen atoms in total. The van der Waals surface area contributed by atoms with E-state index in [2.05, 4.69) is 6.92 Å². The van der Waals surface area contributed by atoms with Gasteiger partial charge in [-0.3, -0.25) is 4.79 Å². The third kappa shape index (κ3) is 6.40. The molecule has 0 radical (unpaired) electrons. The quantitative estimate of drug-likeness (QED) is 0.344. The van der Waals surface area contributed by atoms with E-state index >= 15 is 0 Å². The normalized spacial score (nSPS) is 14.8. The summed E-state index contributed by atoms with van der Waals surface area (Å²) in [5.74, 6) is 0.793. The molecule has 2 aromatic carbocycles. The number of carbonyl (C=O) groups excluding carboxylic acids is 1. The van der Waals surface area contributed by atoms with E-state index in [1.807, 2.05) is 12.1 Å². The van der Waals surface area contributed by atoms with Crippen LogP contribution in [-0.4, -0.2) is 41.3 Å². The van der Waals surface area contributed by atoms with Gasteiger partial charge in [0.15, 0.2) is 11.9 Å². The number of aromatic hydroxyl groups is 1. The largest absolute Gasteiger partial charge is 0.507 e. The van der Waals surface area contributed by atoms with Gasteiger partial charge < -0.3 is 24.4 Å². The first kappa shape index (κ1) is 24.4. The van der Waals surface area contributed by atoms with Gasteiger partial charge >= 0.3 is 5.97 Å². The van der Waals surface area contributed by atoms with Gasteiger partial charge in [0.2, 0.25) is 0 Å². The predicted molar refractivity (Wildman–Crippen MR) is 124 cm³/mol. The minimum absolute atomic E-state index is 0.0695. The minimum atomic E-state index is -0.929. The van der Waals surface area contributed by atoms with Crippen molar-refractivity contribution in [2.75, 3.05) is 13.2 Å². The van der Waals surface area contributed by atoms with Gasteiger partial charge in [0.1, 0.15) is 23.0 Å². The van der Waals surface area contributed by atoms with E-state index in [0.717, 1.165) is 49.0 Å². The molecule has 1 aliphatic heterocycles. The highest BCUT2D eigenvalue weighted by atomic mass is 16.5. The second kappa shape index (κ2) is 11.6. The highest BCUT2D eigenvalue weighted by Gasteiger charge is 2.28. The fourth-order valence-electron chi connectivity index (χ4n) is 3.94. The molecule has 178 valence electrons. The predicted octanol–water partition coefficient (Wildman–Crippen LogP) is 4.95. The van der Waals surface area contributed by atoms with Crippen LogP contribution in [0.1, 0.15) is 67.4 Å². The molecule has 0 bridgehead atoms. The van der Waals surface area contributed by atoms with Crippen molar-refractivity contribution in [3.05, 3.63) is 47.0 Å². The number of rotatable bonds is 12. The van der Waals surface area contributed by atoms with Crippen LogP contribution in [0.4, 0.5) is 0 Å². The third-order valence-corrected chi connectivity index (χ3v) is 5.67. The SMILES string of the molecule is CCCc1c(OCCCCCOc2ccc(C(C)=O)c(O)c2)ccc2c1OC(C(=O)O)CC2. The van der Waals surface area contributed by atoms with Gasteiger partial charge in [-0.2, -0.15) is 0 Å². The van der Waals surface area contributed by atoms with E-state index in [9.17, 15) is 19.8 Å².